The normalized spacial score (nSPS) is 11.4. The minimum absolute atomic E-state index is 0.434. The number of pyridine rings is 1. The van der Waals surface area contributed by atoms with E-state index < -0.39 is 0 Å². The number of nitrogens with zero attached hydrogens (tertiary/aromatic N) is 3. The van der Waals surface area contributed by atoms with E-state index in [9.17, 15) is 0 Å². The number of rotatable bonds is 4. The van der Waals surface area contributed by atoms with Gasteiger partial charge in [-0.3, -0.25) is 0 Å². The van der Waals surface area contributed by atoms with Gasteiger partial charge < -0.3 is 5.32 Å². The predicted molar refractivity (Wildman–Crippen MR) is 85.6 cm³/mol. The van der Waals surface area contributed by atoms with E-state index in [-0.39, 0.29) is 0 Å². The number of hydrogen-bond donors (Lipinski definition) is 1. The van der Waals surface area contributed by atoms with Gasteiger partial charge in [0.15, 0.2) is 5.82 Å². The van der Waals surface area contributed by atoms with Gasteiger partial charge in [0.2, 0.25) is 0 Å². The highest BCUT2D eigenvalue weighted by molar-refractivity contribution is 5.80. The second-order valence-electron chi connectivity index (χ2n) is 5.60. The molecule has 21 heavy (non-hydrogen) atoms. The second kappa shape index (κ2) is 5.66. The van der Waals surface area contributed by atoms with E-state index in [4.69, 9.17) is 4.98 Å². The number of fused-ring (bicyclic) bond motifs is 1. The Morgan fingerprint density at radius 1 is 1.19 bits per heavy atom. The fourth-order valence-corrected chi connectivity index (χ4v) is 2.33. The molecule has 0 radical (unpaired) electrons. The van der Waals surface area contributed by atoms with Crippen molar-refractivity contribution in [1.82, 2.24) is 20.1 Å². The van der Waals surface area contributed by atoms with Crippen LogP contribution in [-0.4, -0.2) is 20.8 Å². The molecule has 2 heterocycles. The summed E-state index contributed by atoms with van der Waals surface area (Å²) in [5.74, 6) is 0.898. The molecular formula is C17H20N4. The van der Waals surface area contributed by atoms with Crippen LogP contribution in [0.25, 0.3) is 16.7 Å². The van der Waals surface area contributed by atoms with Crippen molar-refractivity contribution in [2.75, 3.05) is 0 Å². The summed E-state index contributed by atoms with van der Waals surface area (Å²) < 4.78 is 1.86. The van der Waals surface area contributed by atoms with E-state index in [1.54, 1.807) is 0 Å². The third kappa shape index (κ3) is 2.95. The molecule has 0 amide bonds. The highest BCUT2D eigenvalue weighted by atomic mass is 15.3. The lowest BCUT2D eigenvalue weighted by Crippen LogP contribution is -2.23. The van der Waals surface area contributed by atoms with Gasteiger partial charge in [-0.1, -0.05) is 32.0 Å². The van der Waals surface area contributed by atoms with Crippen molar-refractivity contribution in [2.24, 2.45) is 0 Å². The first kappa shape index (κ1) is 13.8. The lowest BCUT2D eigenvalue weighted by atomic mass is 10.1. The molecule has 108 valence electrons. The summed E-state index contributed by atoms with van der Waals surface area (Å²) in [5.41, 5.74) is 3.15. The van der Waals surface area contributed by atoms with Crippen LogP contribution in [0.15, 0.2) is 42.6 Å². The predicted octanol–water partition coefficient (Wildman–Crippen LogP) is 3.23. The van der Waals surface area contributed by atoms with Crippen LogP contribution in [0.4, 0.5) is 0 Å². The summed E-state index contributed by atoms with van der Waals surface area (Å²) in [5, 5.41) is 9.12. The molecule has 3 aromatic rings. The smallest absolute Gasteiger partial charge is 0.158 e. The molecule has 1 aromatic carbocycles. The zero-order chi connectivity index (χ0) is 14.8. The van der Waals surface area contributed by atoms with Crippen molar-refractivity contribution in [2.45, 2.75) is 33.4 Å². The highest BCUT2D eigenvalue weighted by Gasteiger charge is 2.10. The lowest BCUT2D eigenvalue weighted by Gasteiger charge is -2.13. The topological polar surface area (TPSA) is 42.7 Å². The van der Waals surface area contributed by atoms with Crippen molar-refractivity contribution in [3.8, 4) is 5.82 Å². The first-order valence-electron chi connectivity index (χ1n) is 7.28. The standard InChI is InChI=1S/C17H20N4/c1-12(2)18-11-15-10-14-6-4-5-7-16(14)19-17(15)21-9-8-13(3)20-21/h4-10,12,18H,11H2,1-3H3. The summed E-state index contributed by atoms with van der Waals surface area (Å²) in [6.07, 6.45) is 1.96. The van der Waals surface area contributed by atoms with Crippen LogP contribution in [0.3, 0.4) is 0 Å². The fraction of sp³-hybridized carbons (Fsp3) is 0.294. The van der Waals surface area contributed by atoms with E-state index in [1.165, 1.54) is 0 Å². The second-order valence-corrected chi connectivity index (χ2v) is 5.60. The number of para-hydroxylation sites is 1. The summed E-state index contributed by atoms with van der Waals surface area (Å²) in [4.78, 5) is 4.80. The average molecular weight is 280 g/mol. The number of aryl methyl sites for hydroxylation is 1. The van der Waals surface area contributed by atoms with E-state index >= 15 is 0 Å². The van der Waals surface area contributed by atoms with Gasteiger partial charge in [0.05, 0.1) is 11.2 Å². The Labute approximate surface area is 124 Å². The minimum Gasteiger partial charge on any atom is -0.310 e. The van der Waals surface area contributed by atoms with Crippen molar-refractivity contribution in [3.05, 3.63) is 53.9 Å². The molecule has 0 unspecified atom stereocenters. The van der Waals surface area contributed by atoms with Crippen molar-refractivity contribution in [1.29, 1.82) is 0 Å². The van der Waals surface area contributed by atoms with Gasteiger partial charge >= 0.3 is 0 Å². The third-order valence-corrected chi connectivity index (χ3v) is 3.42. The Balaban J connectivity index is 2.11. The van der Waals surface area contributed by atoms with Gasteiger partial charge in [-0.2, -0.15) is 5.10 Å². The summed E-state index contributed by atoms with van der Waals surface area (Å²) >= 11 is 0. The Morgan fingerprint density at radius 3 is 2.71 bits per heavy atom. The zero-order valence-corrected chi connectivity index (χ0v) is 12.7. The van der Waals surface area contributed by atoms with Crippen LogP contribution in [0.1, 0.15) is 25.1 Å². The maximum absolute atomic E-state index is 4.80. The van der Waals surface area contributed by atoms with Crippen LogP contribution in [0, 0.1) is 6.92 Å². The summed E-state index contributed by atoms with van der Waals surface area (Å²) in [6, 6.07) is 12.8. The Bertz CT molecular complexity index is 758. The van der Waals surface area contributed by atoms with Gasteiger partial charge in [-0.05, 0) is 25.1 Å². The monoisotopic (exact) mass is 280 g/mol. The van der Waals surface area contributed by atoms with E-state index in [0.29, 0.717) is 6.04 Å². The number of benzene rings is 1. The maximum Gasteiger partial charge on any atom is 0.158 e. The largest absolute Gasteiger partial charge is 0.310 e. The van der Waals surface area contributed by atoms with Gasteiger partial charge in [0.25, 0.3) is 0 Å². The molecule has 3 rings (SSSR count). The average Bonchev–Trinajstić information content (AvgIpc) is 2.90. The van der Waals surface area contributed by atoms with E-state index in [1.807, 2.05) is 42.1 Å². The Morgan fingerprint density at radius 2 is 2.00 bits per heavy atom. The molecule has 0 fully saturated rings. The molecule has 0 aliphatic heterocycles. The summed E-state index contributed by atoms with van der Waals surface area (Å²) in [6.45, 7) is 7.06. The number of hydrogen-bond acceptors (Lipinski definition) is 3. The highest BCUT2D eigenvalue weighted by Crippen LogP contribution is 2.19. The fourth-order valence-electron chi connectivity index (χ4n) is 2.33. The maximum atomic E-state index is 4.80. The molecule has 0 saturated heterocycles. The molecule has 0 spiro atoms. The first-order chi connectivity index (χ1) is 10.1. The molecule has 4 nitrogen and oxygen atoms in total. The Kier molecular flexibility index (Phi) is 3.71. The Hall–Kier alpha value is -2.20. The molecule has 0 saturated carbocycles. The van der Waals surface area contributed by atoms with Gasteiger partial charge in [-0.25, -0.2) is 9.67 Å². The zero-order valence-electron chi connectivity index (χ0n) is 12.7. The third-order valence-electron chi connectivity index (χ3n) is 3.42. The molecule has 4 heteroatoms. The van der Waals surface area contributed by atoms with Crippen LogP contribution in [-0.2, 0) is 6.54 Å². The number of nitrogens with one attached hydrogen (secondary N) is 1. The molecular weight excluding hydrogens is 260 g/mol. The SMILES string of the molecule is Cc1ccn(-c2nc3ccccc3cc2CNC(C)C)n1. The molecule has 0 aliphatic carbocycles. The van der Waals surface area contributed by atoms with Gasteiger partial charge in [0, 0.05) is 29.7 Å². The quantitative estimate of drug-likeness (QED) is 0.798. The van der Waals surface area contributed by atoms with Crippen molar-refractivity contribution >= 4 is 10.9 Å². The van der Waals surface area contributed by atoms with Gasteiger partial charge in [0.1, 0.15) is 0 Å². The minimum atomic E-state index is 0.434. The van der Waals surface area contributed by atoms with Crippen LogP contribution in [0.5, 0.6) is 0 Å². The van der Waals surface area contributed by atoms with Crippen molar-refractivity contribution < 1.29 is 0 Å². The van der Waals surface area contributed by atoms with Gasteiger partial charge in [-0.15, -0.1) is 0 Å². The van der Waals surface area contributed by atoms with Crippen LogP contribution in [0.2, 0.25) is 0 Å². The molecule has 2 aromatic heterocycles. The van der Waals surface area contributed by atoms with Crippen LogP contribution < -0.4 is 5.32 Å². The first-order valence-corrected chi connectivity index (χ1v) is 7.28. The van der Waals surface area contributed by atoms with Crippen LogP contribution >= 0.6 is 0 Å². The lowest BCUT2D eigenvalue weighted by molar-refractivity contribution is 0.585. The van der Waals surface area contributed by atoms with E-state index in [0.717, 1.165) is 34.5 Å². The van der Waals surface area contributed by atoms with Crippen molar-refractivity contribution in [3.63, 3.8) is 0 Å². The molecule has 0 atom stereocenters. The molecule has 0 bridgehead atoms. The molecule has 1 N–H and O–H groups in total. The molecule has 0 aliphatic rings. The van der Waals surface area contributed by atoms with E-state index in [2.05, 4.69) is 36.4 Å². The number of aromatic nitrogens is 3. The summed E-state index contributed by atoms with van der Waals surface area (Å²) in [7, 11) is 0.